The van der Waals surface area contributed by atoms with Crippen molar-refractivity contribution in [2.24, 2.45) is 0 Å². The fourth-order valence-corrected chi connectivity index (χ4v) is 2.14. The number of hydrogen-bond donors (Lipinski definition) is 0. The normalized spacial score (nSPS) is 16.0. The first-order valence-corrected chi connectivity index (χ1v) is 6.09. The Morgan fingerprint density at radius 1 is 1.37 bits per heavy atom. The Morgan fingerprint density at radius 3 is 2.89 bits per heavy atom. The quantitative estimate of drug-likeness (QED) is 0.848. The van der Waals surface area contributed by atoms with Crippen LogP contribution < -0.4 is 4.74 Å². The van der Waals surface area contributed by atoms with Crippen molar-refractivity contribution in [1.29, 1.82) is 0 Å². The number of oxazole rings is 1. The van der Waals surface area contributed by atoms with E-state index in [1.54, 1.807) is 7.11 Å². The lowest BCUT2D eigenvalue weighted by Gasteiger charge is -2.20. The van der Waals surface area contributed by atoms with Gasteiger partial charge in [-0.05, 0) is 25.6 Å². The number of methoxy groups -OCH3 is 1. The Labute approximate surface area is 118 Å². The van der Waals surface area contributed by atoms with Crippen LogP contribution >= 0.6 is 12.4 Å². The number of fused-ring (bicyclic) bond motifs is 1. The molecule has 1 aliphatic rings. The van der Waals surface area contributed by atoms with Crippen LogP contribution in [0.4, 0.5) is 0 Å². The Hall–Kier alpha value is -1.52. The molecule has 0 saturated carbocycles. The number of nitrogens with zero attached hydrogens (tertiary/aromatic N) is 2. The lowest BCUT2D eigenvalue weighted by atomic mass is 10.1. The third-order valence-electron chi connectivity index (χ3n) is 3.28. The second kappa shape index (κ2) is 5.63. The van der Waals surface area contributed by atoms with E-state index in [2.05, 4.69) is 23.0 Å². The van der Waals surface area contributed by atoms with Gasteiger partial charge in [-0.15, -0.1) is 12.4 Å². The van der Waals surface area contributed by atoms with E-state index in [4.69, 9.17) is 9.15 Å². The van der Waals surface area contributed by atoms with E-state index in [9.17, 15) is 0 Å². The van der Waals surface area contributed by atoms with Crippen molar-refractivity contribution in [3.63, 3.8) is 0 Å². The van der Waals surface area contributed by atoms with Crippen molar-refractivity contribution in [2.45, 2.75) is 6.42 Å². The van der Waals surface area contributed by atoms with E-state index >= 15 is 0 Å². The lowest BCUT2D eigenvalue weighted by molar-refractivity contribution is 0.367. The number of aromatic nitrogens is 1. The fourth-order valence-electron chi connectivity index (χ4n) is 2.14. The molecule has 0 saturated heterocycles. The van der Waals surface area contributed by atoms with Gasteiger partial charge in [-0.3, -0.25) is 0 Å². The molecule has 1 aliphatic heterocycles. The molecule has 0 atom stereocenters. The molecule has 3 rings (SSSR count). The van der Waals surface area contributed by atoms with E-state index < -0.39 is 0 Å². The van der Waals surface area contributed by atoms with Crippen LogP contribution in [0.2, 0.25) is 0 Å². The predicted molar refractivity (Wildman–Crippen MR) is 77.9 cm³/mol. The van der Waals surface area contributed by atoms with Crippen molar-refractivity contribution in [1.82, 2.24) is 9.88 Å². The van der Waals surface area contributed by atoms with Gasteiger partial charge in [0.2, 0.25) is 5.89 Å². The standard InChI is InChI=1S/C14H16N2O2.ClH/c1-16-7-5-10(6-8-16)14-15-12-9-11(17-2)3-4-13(12)18-14;/h3-5,9H,6-8H2,1-2H3;1H. The van der Waals surface area contributed by atoms with Crippen LogP contribution in [0.15, 0.2) is 28.7 Å². The average Bonchev–Trinajstić information content (AvgIpc) is 2.82. The SMILES string of the molecule is COc1ccc2oc(C3=CCN(C)CC3)nc2c1.Cl. The van der Waals surface area contributed by atoms with Crippen LogP contribution in [-0.4, -0.2) is 37.1 Å². The van der Waals surface area contributed by atoms with Gasteiger partial charge in [0.05, 0.1) is 7.11 Å². The van der Waals surface area contributed by atoms with Gasteiger partial charge in [0, 0.05) is 24.7 Å². The lowest BCUT2D eigenvalue weighted by Crippen LogP contribution is -2.23. The third-order valence-corrected chi connectivity index (χ3v) is 3.28. The molecule has 2 aromatic rings. The molecule has 1 aromatic carbocycles. The number of benzene rings is 1. The summed E-state index contributed by atoms with van der Waals surface area (Å²) in [6, 6.07) is 5.69. The smallest absolute Gasteiger partial charge is 0.222 e. The summed E-state index contributed by atoms with van der Waals surface area (Å²) in [6.07, 6.45) is 3.17. The summed E-state index contributed by atoms with van der Waals surface area (Å²) in [6.45, 7) is 2.01. The van der Waals surface area contributed by atoms with Gasteiger partial charge in [0.15, 0.2) is 5.58 Å². The van der Waals surface area contributed by atoms with Crippen molar-refractivity contribution in [2.75, 3.05) is 27.2 Å². The number of hydrogen-bond acceptors (Lipinski definition) is 4. The summed E-state index contributed by atoms with van der Waals surface area (Å²) in [5, 5.41) is 0. The molecule has 4 nitrogen and oxygen atoms in total. The third kappa shape index (κ3) is 2.74. The molecular weight excluding hydrogens is 264 g/mol. The minimum Gasteiger partial charge on any atom is -0.497 e. The molecule has 102 valence electrons. The predicted octanol–water partition coefficient (Wildman–Crippen LogP) is 2.98. The number of rotatable bonds is 2. The van der Waals surface area contributed by atoms with Crippen molar-refractivity contribution in [3.05, 3.63) is 30.2 Å². The summed E-state index contributed by atoms with van der Waals surface area (Å²) >= 11 is 0. The Bertz CT molecular complexity index is 607. The second-order valence-electron chi connectivity index (χ2n) is 4.59. The molecule has 0 spiro atoms. The average molecular weight is 281 g/mol. The maximum atomic E-state index is 5.79. The van der Waals surface area contributed by atoms with Gasteiger partial charge in [-0.2, -0.15) is 0 Å². The maximum Gasteiger partial charge on any atom is 0.222 e. The highest BCUT2D eigenvalue weighted by atomic mass is 35.5. The minimum absolute atomic E-state index is 0. The first kappa shape index (κ1) is 13.9. The summed E-state index contributed by atoms with van der Waals surface area (Å²) in [7, 11) is 3.77. The molecule has 19 heavy (non-hydrogen) atoms. The zero-order valence-electron chi connectivity index (χ0n) is 11.0. The molecule has 2 heterocycles. The van der Waals surface area contributed by atoms with Gasteiger partial charge in [-0.1, -0.05) is 6.08 Å². The van der Waals surface area contributed by atoms with Crippen LogP contribution in [0.25, 0.3) is 16.7 Å². The van der Waals surface area contributed by atoms with Crippen LogP contribution in [0.1, 0.15) is 12.3 Å². The van der Waals surface area contributed by atoms with E-state index in [0.717, 1.165) is 42.3 Å². The van der Waals surface area contributed by atoms with Gasteiger partial charge in [0.1, 0.15) is 11.3 Å². The van der Waals surface area contributed by atoms with Crippen LogP contribution in [0.5, 0.6) is 5.75 Å². The molecule has 1 aromatic heterocycles. The molecule has 0 bridgehead atoms. The van der Waals surface area contributed by atoms with Crippen molar-refractivity contribution >= 4 is 29.1 Å². The van der Waals surface area contributed by atoms with E-state index in [-0.39, 0.29) is 12.4 Å². The van der Waals surface area contributed by atoms with Crippen LogP contribution in [0.3, 0.4) is 0 Å². The Morgan fingerprint density at radius 2 is 2.21 bits per heavy atom. The summed E-state index contributed by atoms with van der Waals surface area (Å²) in [5.41, 5.74) is 2.86. The zero-order valence-corrected chi connectivity index (χ0v) is 11.9. The number of likely N-dealkylation sites (N-methyl/N-ethyl adjacent to an activating group) is 1. The van der Waals surface area contributed by atoms with Gasteiger partial charge >= 0.3 is 0 Å². The van der Waals surface area contributed by atoms with E-state index in [1.165, 1.54) is 5.57 Å². The van der Waals surface area contributed by atoms with Crippen molar-refractivity contribution < 1.29 is 9.15 Å². The fraction of sp³-hybridized carbons (Fsp3) is 0.357. The largest absolute Gasteiger partial charge is 0.497 e. The number of ether oxygens (including phenoxy) is 1. The monoisotopic (exact) mass is 280 g/mol. The molecule has 0 aliphatic carbocycles. The molecular formula is C14H17ClN2O2. The van der Waals surface area contributed by atoms with Gasteiger partial charge < -0.3 is 14.1 Å². The molecule has 0 amide bonds. The highest BCUT2D eigenvalue weighted by molar-refractivity contribution is 5.85. The highest BCUT2D eigenvalue weighted by Gasteiger charge is 2.15. The van der Waals surface area contributed by atoms with Gasteiger partial charge in [0.25, 0.3) is 0 Å². The topological polar surface area (TPSA) is 38.5 Å². The second-order valence-corrected chi connectivity index (χ2v) is 4.59. The first-order valence-electron chi connectivity index (χ1n) is 6.09. The molecule has 5 heteroatoms. The van der Waals surface area contributed by atoms with E-state index in [0.29, 0.717) is 0 Å². The van der Waals surface area contributed by atoms with Crippen molar-refractivity contribution in [3.8, 4) is 5.75 Å². The molecule has 0 unspecified atom stereocenters. The Balaban J connectivity index is 0.00000133. The van der Waals surface area contributed by atoms with Crippen LogP contribution in [-0.2, 0) is 0 Å². The summed E-state index contributed by atoms with van der Waals surface area (Å²) in [5.74, 6) is 1.55. The minimum atomic E-state index is 0. The maximum absolute atomic E-state index is 5.79. The first-order chi connectivity index (χ1) is 8.76. The van der Waals surface area contributed by atoms with Gasteiger partial charge in [-0.25, -0.2) is 4.98 Å². The molecule has 0 N–H and O–H groups in total. The Kier molecular flexibility index (Phi) is 4.12. The molecule has 0 radical (unpaired) electrons. The highest BCUT2D eigenvalue weighted by Crippen LogP contribution is 2.27. The summed E-state index contributed by atoms with van der Waals surface area (Å²) in [4.78, 5) is 6.81. The number of halogens is 1. The van der Waals surface area contributed by atoms with Crippen LogP contribution in [0, 0.1) is 0 Å². The summed E-state index contributed by atoms with van der Waals surface area (Å²) < 4.78 is 11.0. The molecule has 0 fully saturated rings. The zero-order chi connectivity index (χ0) is 12.5. The van der Waals surface area contributed by atoms with E-state index in [1.807, 2.05) is 18.2 Å².